The Bertz CT molecular complexity index is 645. The highest BCUT2D eigenvalue weighted by molar-refractivity contribution is 5.77. The van der Waals surface area contributed by atoms with Gasteiger partial charge in [-0.2, -0.15) is 0 Å². The van der Waals surface area contributed by atoms with Crippen LogP contribution >= 0.6 is 0 Å². The first-order chi connectivity index (χ1) is 11.6. The van der Waals surface area contributed by atoms with E-state index in [1.165, 1.54) is 12.1 Å². The Morgan fingerprint density at radius 3 is 2.58 bits per heavy atom. The summed E-state index contributed by atoms with van der Waals surface area (Å²) in [5.74, 6) is -0.218. The van der Waals surface area contributed by atoms with Gasteiger partial charge < -0.3 is 10.6 Å². The summed E-state index contributed by atoms with van der Waals surface area (Å²) < 4.78 is 13.4. The van der Waals surface area contributed by atoms with E-state index in [0.29, 0.717) is 26.1 Å². The molecule has 0 saturated carbocycles. The van der Waals surface area contributed by atoms with Gasteiger partial charge in [-0.1, -0.05) is 49.4 Å². The third kappa shape index (κ3) is 5.46. The number of amides is 1. The number of carbonyl (C=O) groups excluding carboxylic acids is 1. The molecule has 128 valence electrons. The Balaban J connectivity index is 2.03. The number of nitrogens with two attached hydrogens (primary N) is 1. The summed E-state index contributed by atoms with van der Waals surface area (Å²) in [6.07, 6.45) is 1.13. The quantitative estimate of drug-likeness (QED) is 0.803. The molecule has 0 fully saturated rings. The number of rotatable bonds is 8. The fraction of sp³-hybridized carbons (Fsp3) is 0.350. The lowest BCUT2D eigenvalue weighted by molar-refractivity contribution is -0.132. The van der Waals surface area contributed by atoms with Crippen LogP contribution in [0.25, 0.3) is 0 Å². The normalized spacial score (nSPS) is 12.0. The highest BCUT2D eigenvalue weighted by Gasteiger charge is 2.18. The topological polar surface area (TPSA) is 46.3 Å². The predicted molar refractivity (Wildman–Crippen MR) is 95.0 cm³/mol. The van der Waals surface area contributed by atoms with Crippen LogP contribution in [-0.2, 0) is 11.3 Å². The minimum Gasteiger partial charge on any atom is -0.338 e. The molecular formula is C20H25FN2O. The molecule has 0 heterocycles. The van der Waals surface area contributed by atoms with Gasteiger partial charge in [0.25, 0.3) is 0 Å². The molecule has 0 aliphatic heterocycles. The van der Waals surface area contributed by atoms with Crippen molar-refractivity contribution < 1.29 is 9.18 Å². The van der Waals surface area contributed by atoms with Crippen LogP contribution in [0, 0.1) is 5.82 Å². The lowest BCUT2D eigenvalue weighted by Crippen LogP contribution is -2.33. The zero-order valence-corrected chi connectivity index (χ0v) is 14.1. The van der Waals surface area contributed by atoms with Crippen LogP contribution < -0.4 is 5.73 Å². The van der Waals surface area contributed by atoms with Crippen LogP contribution in [0.2, 0.25) is 0 Å². The average Bonchev–Trinajstić information content (AvgIpc) is 2.59. The van der Waals surface area contributed by atoms with E-state index >= 15 is 0 Å². The fourth-order valence-electron chi connectivity index (χ4n) is 2.70. The third-order valence-electron chi connectivity index (χ3n) is 4.10. The van der Waals surface area contributed by atoms with Crippen molar-refractivity contribution in [2.24, 2.45) is 5.73 Å². The van der Waals surface area contributed by atoms with E-state index in [1.807, 2.05) is 48.2 Å². The first-order valence-electron chi connectivity index (χ1n) is 8.37. The largest absolute Gasteiger partial charge is 0.338 e. The molecule has 2 N–H and O–H groups in total. The minimum absolute atomic E-state index is 0.0238. The van der Waals surface area contributed by atoms with E-state index in [0.717, 1.165) is 17.5 Å². The lowest BCUT2D eigenvalue weighted by Gasteiger charge is -2.24. The monoisotopic (exact) mass is 328 g/mol. The van der Waals surface area contributed by atoms with Gasteiger partial charge in [-0.25, -0.2) is 4.39 Å². The van der Waals surface area contributed by atoms with Crippen LogP contribution in [0.3, 0.4) is 0 Å². The highest BCUT2D eigenvalue weighted by atomic mass is 19.1. The molecule has 3 nitrogen and oxygen atoms in total. The van der Waals surface area contributed by atoms with E-state index in [-0.39, 0.29) is 17.6 Å². The van der Waals surface area contributed by atoms with E-state index < -0.39 is 0 Å². The van der Waals surface area contributed by atoms with E-state index in [4.69, 9.17) is 5.73 Å². The summed E-state index contributed by atoms with van der Waals surface area (Å²) in [5.41, 5.74) is 7.55. The molecule has 4 heteroatoms. The summed E-state index contributed by atoms with van der Waals surface area (Å²) in [7, 11) is 0. The van der Waals surface area contributed by atoms with Crippen LogP contribution in [0.5, 0.6) is 0 Å². The molecule has 1 atom stereocenters. The molecule has 1 unspecified atom stereocenters. The second-order valence-corrected chi connectivity index (χ2v) is 6.10. The van der Waals surface area contributed by atoms with Crippen LogP contribution in [0.4, 0.5) is 4.39 Å². The fourth-order valence-corrected chi connectivity index (χ4v) is 2.70. The van der Waals surface area contributed by atoms with Crippen molar-refractivity contribution in [3.05, 3.63) is 71.5 Å². The average molecular weight is 328 g/mol. The van der Waals surface area contributed by atoms with Gasteiger partial charge in [-0.15, -0.1) is 0 Å². The van der Waals surface area contributed by atoms with Gasteiger partial charge in [0.2, 0.25) is 5.91 Å². The molecule has 0 spiro atoms. The maximum atomic E-state index is 13.4. The molecule has 24 heavy (non-hydrogen) atoms. The van der Waals surface area contributed by atoms with Gasteiger partial charge in [0.15, 0.2) is 0 Å². The smallest absolute Gasteiger partial charge is 0.223 e. The number of benzene rings is 2. The molecule has 2 rings (SSSR count). The maximum absolute atomic E-state index is 13.4. The predicted octanol–water partition coefficient (Wildman–Crippen LogP) is 3.70. The molecule has 0 bridgehead atoms. The van der Waals surface area contributed by atoms with E-state index in [2.05, 4.69) is 0 Å². The summed E-state index contributed by atoms with van der Waals surface area (Å²) in [6.45, 7) is 3.73. The second-order valence-electron chi connectivity index (χ2n) is 6.10. The second kappa shape index (κ2) is 9.18. The van der Waals surface area contributed by atoms with Crippen LogP contribution in [0.1, 0.15) is 36.8 Å². The number of carbonyl (C=O) groups is 1. The zero-order chi connectivity index (χ0) is 17.4. The van der Waals surface area contributed by atoms with Gasteiger partial charge in [0.1, 0.15) is 5.82 Å². The molecule has 0 radical (unpaired) electrons. The molecule has 2 aromatic carbocycles. The SMILES string of the molecule is CC(CC(=O)N(CCCN)Cc1ccccc1)c1cccc(F)c1. The van der Waals surface area contributed by atoms with E-state index in [1.54, 1.807) is 6.07 Å². The molecule has 1 amide bonds. The standard InChI is InChI=1S/C20H25FN2O/c1-16(18-9-5-10-19(21)14-18)13-20(24)23(12-6-11-22)15-17-7-3-2-4-8-17/h2-5,7-10,14,16H,6,11-13,15,22H2,1H3. The van der Waals surface area contributed by atoms with Gasteiger partial charge in [-0.3, -0.25) is 4.79 Å². The van der Waals surface area contributed by atoms with Crippen LogP contribution in [-0.4, -0.2) is 23.9 Å². The zero-order valence-electron chi connectivity index (χ0n) is 14.1. The van der Waals surface area contributed by atoms with Crippen molar-refractivity contribution in [2.45, 2.75) is 32.2 Å². The first-order valence-corrected chi connectivity index (χ1v) is 8.37. The highest BCUT2D eigenvalue weighted by Crippen LogP contribution is 2.21. The lowest BCUT2D eigenvalue weighted by atomic mass is 9.97. The van der Waals surface area contributed by atoms with Crippen molar-refractivity contribution >= 4 is 5.91 Å². The summed E-state index contributed by atoms with van der Waals surface area (Å²) in [5, 5.41) is 0. The third-order valence-corrected chi connectivity index (χ3v) is 4.10. The molecular weight excluding hydrogens is 303 g/mol. The number of hydrogen-bond donors (Lipinski definition) is 1. The van der Waals surface area contributed by atoms with Crippen LogP contribution in [0.15, 0.2) is 54.6 Å². The summed E-state index contributed by atoms with van der Waals surface area (Å²) >= 11 is 0. The molecule has 0 aromatic heterocycles. The van der Waals surface area contributed by atoms with E-state index in [9.17, 15) is 9.18 Å². The Kier molecular flexibility index (Phi) is 6.94. The van der Waals surface area contributed by atoms with Crippen molar-refractivity contribution in [3.63, 3.8) is 0 Å². The van der Waals surface area contributed by atoms with Gasteiger partial charge in [0, 0.05) is 19.5 Å². The first kappa shape index (κ1) is 18.1. The number of nitrogens with zero attached hydrogens (tertiary/aromatic N) is 1. The van der Waals surface area contributed by atoms with Crippen molar-refractivity contribution in [2.75, 3.05) is 13.1 Å². The maximum Gasteiger partial charge on any atom is 0.223 e. The molecule has 0 saturated heterocycles. The Labute approximate surface area is 143 Å². The van der Waals surface area contributed by atoms with Gasteiger partial charge in [-0.05, 0) is 42.1 Å². The van der Waals surface area contributed by atoms with Crippen molar-refractivity contribution in [1.29, 1.82) is 0 Å². The molecule has 0 aliphatic carbocycles. The summed E-state index contributed by atoms with van der Waals surface area (Å²) in [4.78, 5) is 14.6. The molecule has 0 aliphatic rings. The Hall–Kier alpha value is -2.20. The van der Waals surface area contributed by atoms with Crippen molar-refractivity contribution in [3.8, 4) is 0 Å². The van der Waals surface area contributed by atoms with Crippen molar-refractivity contribution in [1.82, 2.24) is 4.90 Å². The summed E-state index contributed by atoms with van der Waals surface area (Å²) in [6, 6.07) is 16.4. The Morgan fingerprint density at radius 2 is 1.92 bits per heavy atom. The van der Waals surface area contributed by atoms with Gasteiger partial charge in [0.05, 0.1) is 0 Å². The number of hydrogen-bond acceptors (Lipinski definition) is 2. The number of halogens is 1. The molecule has 2 aromatic rings. The minimum atomic E-state index is -0.268. The van der Waals surface area contributed by atoms with Gasteiger partial charge >= 0.3 is 0 Å². The Morgan fingerprint density at radius 1 is 1.17 bits per heavy atom.